The highest BCUT2D eigenvalue weighted by molar-refractivity contribution is 6.01. The van der Waals surface area contributed by atoms with Crippen LogP contribution in [0.2, 0.25) is 0 Å². The molecule has 312 valence electrons. The van der Waals surface area contributed by atoms with Gasteiger partial charge in [-0.1, -0.05) is 6.07 Å². The van der Waals surface area contributed by atoms with Crippen LogP contribution in [-0.2, 0) is 15.8 Å². The van der Waals surface area contributed by atoms with Crippen LogP contribution in [0.3, 0.4) is 0 Å². The molecule has 2 atom stereocenters. The number of halogens is 3. The van der Waals surface area contributed by atoms with E-state index in [4.69, 9.17) is 0 Å². The summed E-state index contributed by atoms with van der Waals surface area (Å²) in [5.74, 6) is 0.133. The fourth-order valence-corrected chi connectivity index (χ4v) is 10.0. The van der Waals surface area contributed by atoms with Crippen molar-refractivity contribution in [2.24, 2.45) is 11.3 Å². The molecule has 59 heavy (non-hydrogen) atoms. The highest BCUT2D eigenvalue weighted by Gasteiger charge is 2.45. The molecule has 0 radical (unpaired) electrons. The van der Waals surface area contributed by atoms with Gasteiger partial charge in [0.15, 0.2) is 0 Å². The largest absolute Gasteiger partial charge is 0.417 e. The van der Waals surface area contributed by atoms with Gasteiger partial charge in [-0.05, 0) is 117 Å². The number of nitrogens with one attached hydrogen (secondary N) is 2. The molecule has 11 nitrogen and oxygen atoms in total. The molecular formula is C45H53F3N8O3. The lowest BCUT2D eigenvalue weighted by atomic mass is 9.76. The molecule has 1 spiro atoms. The molecule has 0 aromatic heterocycles. The van der Waals surface area contributed by atoms with E-state index in [0.29, 0.717) is 36.6 Å². The number of rotatable bonds is 8. The first-order chi connectivity index (χ1) is 28.4. The van der Waals surface area contributed by atoms with Gasteiger partial charge in [0.1, 0.15) is 6.04 Å². The van der Waals surface area contributed by atoms with Crippen molar-refractivity contribution in [1.29, 1.82) is 5.26 Å². The average Bonchev–Trinajstić information content (AvgIpc) is 3.56. The molecule has 2 N–H and O–H groups in total. The normalized spacial score (nSPS) is 23.0. The lowest BCUT2D eigenvalue weighted by molar-refractivity contribution is -0.138. The molecular weight excluding hydrogens is 758 g/mol. The summed E-state index contributed by atoms with van der Waals surface area (Å²) >= 11 is 0. The molecule has 0 bridgehead atoms. The predicted octanol–water partition coefficient (Wildman–Crippen LogP) is 6.35. The first-order valence-electron chi connectivity index (χ1n) is 21.1. The molecule has 5 aliphatic heterocycles. The van der Waals surface area contributed by atoms with E-state index in [1.54, 1.807) is 12.1 Å². The maximum Gasteiger partial charge on any atom is 0.417 e. The summed E-state index contributed by atoms with van der Waals surface area (Å²) in [6, 6.07) is 21.5. The van der Waals surface area contributed by atoms with Gasteiger partial charge in [-0.15, -0.1) is 0 Å². The Morgan fingerprint density at radius 1 is 0.864 bits per heavy atom. The zero-order valence-corrected chi connectivity index (χ0v) is 33.6. The molecule has 5 saturated heterocycles. The Labute approximate surface area is 344 Å². The van der Waals surface area contributed by atoms with Crippen molar-refractivity contribution in [3.05, 3.63) is 83.4 Å². The van der Waals surface area contributed by atoms with Gasteiger partial charge in [-0.25, -0.2) is 0 Å². The number of nitriles is 1. The number of likely N-dealkylation sites (tertiary alicyclic amines) is 1. The van der Waals surface area contributed by atoms with E-state index in [1.165, 1.54) is 6.07 Å². The van der Waals surface area contributed by atoms with Gasteiger partial charge in [0.05, 0.1) is 17.2 Å². The van der Waals surface area contributed by atoms with Gasteiger partial charge in [0.2, 0.25) is 11.8 Å². The third-order valence-electron chi connectivity index (χ3n) is 13.4. The van der Waals surface area contributed by atoms with Crippen LogP contribution in [0.1, 0.15) is 73.4 Å². The first kappa shape index (κ1) is 40.5. The summed E-state index contributed by atoms with van der Waals surface area (Å²) in [5, 5.41) is 14.9. The smallest absolute Gasteiger partial charge is 0.374 e. The van der Waals surface area contributed by atoms with Crippen LogP contribution in [-0.4, -0.2) is 105 Å². The number of alkyl halides is 3. The third kappa shape index (κ3) is 9.00. The second-order valence-electron chi connectivity index (χ2n) is 17.3. The van der Waals surface area contributed by atoms with Gasteiger partial charge >= 0.3 is 6.18 Å². The van der Waals surface area contributed by atoms with Crippen molar-refractivity contribution in [2.75, 3.05) is 85.5 Å². The molecule has 5 heterocycles. The summed E-state index contributed by atoms with van der Waals surface area (Å²) < 4.78 is 41.1. The number of piperidine rings is 3. The summed E-state index contributed by atoms with van der Waals surface area (Å²) in [5.41, 5.74) is 3.09. The van der Waals surface area contributed by atoms with Gasteiger partial charge in [-0.2, -0.15) is 18.4 Å². The fraction of sp³-hybridized carbons (Fsp3) is 0.511. The Kier molecular flexibility index (Phi) is 11.5. The molecule has 5 aliphatic rings. The van der Waals surface area contributed by atoms with Gasteiger partial charge in [0.25, 0.3) is 5.91 Å². The maximum absolute atomic E-state index is 13.7. The number of hydrogen-bond donors (Lipinski definition) is 2. The van der Waals surface area contributed by atoms with Crippen molar-refractivity contribution >= 4 is 40.5 Å². The van der Waals surface area contributed by atoms with E-state index < -0.39 is 17.8 Å². The number of benzene rings is 3. The molecule has 3 aromatic carbocycles. The topological polar surface area (TPSA) is 115 Å². The van der Waals surface area contributed by atoms with E-state index in [-0.39, 0.29) is 34.7 Å². The Bertz CT molecular complexity index is 2060. The van der Waals surface area contributed by atoms with Crippen LogP contribution >= 0.6 is 0 Å². The number of carbonyl (C=O) groups excluding carboxylic acids is 3. The minimum absolute atomic E-state index is 0.0192. The van der Waals surface area contributed by atoms with Crippen molar-refractivity contribution in [3.63, 3.8) is 0 Å². The number of amides is 3. The Morgan fingerprint density at radius 2 is 1.56 bits per heavy atom. The monoisotopic (exact) mass is 810 g/mol. The van der Waals surface area contributed by atoms with Gasteiger partial charge < -0.3 is 24.9 Å². The summed E-state index contributed by atoms with van der Waals surface area (Å²) in [6.07, 6.45) is 0.995. The Hall–Kier alpha value is -5.29. The number of imide groups is 1. The maximum atomic E-state index is 13.7. The lowest BCUT2D eigenvalue weighted by Crippen LogP contribution is -2.49. The van der Waals surface area contributed by atoms with Crippen LogP contribution in [0.5, 0.6) is 0 Å². The van der Waals surface area contributed by atoms with E-state index >= 15 is 0 Å². The molecule has 3 aromatic rings. The predicted molar refractivity (Wildman–Crippen MR) is 221 cm³/mol. The number of carbonyl (C=O) groups is 3. The zero-order chi connectivity index (χ0) is 41.3. The van der Waals surface area contributed by atoms with Crippen LogP contribution in [0, 0.1) is 22.7 Å². The third-order valence-corrected chi connectivity index (χ3v) is 13.4. The van der Waals surface area contributed by atoms with Gasteiger partial charge in [0, 0.05) is 106 Å². The second kappa shape index (κ2) is 16.8. The minimum atomic E-state index is -4.58. The van der Waals surface area contributed by atoms with Crippen LogP contribution in [0.15, 0.2) is 66.7 Å². The molecule has 3 amide bonds. The standard InChI is InChI=1S/C45H53F3N8O3/c1-31-27-44(30-56(31)38-10-7-34(28-49)39(26-38)45(46,47)48)15-19-53(20-16-44)36-8-5-33(6-9-36)43(59)55-17-13-32(14-18-55)29-52-21-23-54(24-22-52)37-4-2-3-35(25-37)50-40-11-12-41(57)51-42(40)58/h2-10,25-26,31-32,40,50H,11-24,27,29-30H2,1H3,(H,51,57,58)/t31-,40-/m0/s1. The highest BCUT2D eigenvalue weighted by atomic mass is 19.4. The van der Waals surface area contributed by atoms with Crippen molar-refractivity contribution in [2.45, 2.75) is 70.1 Å². The summed E-state index contributed by atoms with van der Waals surface area (Å²) in [6.45, 7) is 10.8. The molecule has 0 unspecified atom stereocenters. The lowest BCUT2D eigenvalue weighted by Gasteiger charge is -2.40. The Morgan fingerprint density at radius 3 is 2.24 bits per heavy atom. The van der Waals surface area contributed by atoms with Crippen LogP contribution in [0.4, 0.5) is 35.9 Å². The number of piperazine rings is 1. The second-order valence-corrected chi connectivity index (χ2v) is 17.3. The molecule has 8 rings (SSSR count). The molecule has 14 heteroatoms. The van der Waals surface area contributed by atoms with Gasteiger partial charge in [-0.3, -0.25) is 24.6 Å². The molecule has 5 fully saturated rings. The van der Waals surface area contributed by atoms with Crippen molar-refractivity contribution in [1.82, 2.24) is 15.1 Å². The molecule has 0 aliphatic carbocycles. The quantitative estimate of drug-likeness (QED) is 0.251. The fourth-order valence-electron chi connectivity index (χ4n) is 10.0. The van der Waals surface area contributed by atoms with E-state index in [1.807, 2.05) is 41.3 Å². The van der Waals surface area contributed by atoms with E-state index in [2.05, 4.69) is 49.3 Å². The minimum Gasteiger partial charge on any atom is -0.374 e. The number of nitrogens with zero attached hydrogens (tertiary/aromatic N) is 6. The van der Waals surface area contributed by atoms with Crippen molar-refractivity contribution in [3.8, 4) is 6.07 Å². The number of anilines is 4. The highest BCUT2D eigenvalue weighted by Crippen LogP contribution is 2.46. The average molecular weight is 811 g/mol. The first-order valence-corrected chi connectivity index (χ1v) is 21.1. The summed E-state index contributed by atoms with van der Waals surface area (Å²) in [7, 11) is 0. The van der Waals surface area contributed by atoms with E-state index in [0.717, 1.165) is 114 Å². The zero-order valence-electron chi connectivity index (χ0n) is 33.6. The number of hydrogen-bond acceptors (Lipinski definition) is 9. The summed E-state index contributed by atoms with van der Waals surface area (Å²) in [4.78, 5) is 48.6. The SMILES string of the molecule is C[C@H]1CC2(CCN(c3ccc(C(=O)N4CCC(CN5CCN(c6cccc(N[C@H]7CCC(=O)NC7=O)c6)CC5)CC4)cc3)CC2)CN1c1ccc(C#N)c(C(F)(F)F)c1. The van der Waals surface area contributed by atoms with Crippen LogP contribution in [0.25, 0.3) is 0 Å². The van der Waals surface area contributed by atoms with Crippen molar-refractivity contribution < 1.29 is 27.6 Å². The molecule has 0 saturated carbocycles. The van der Waals surface area contributed by atoms with Crippen LogP contribution < -0.4 is 25.3 Å². The Balaban J connectivity index is 0.769. The van der Waals surface area contributed by atoms with E-state index in [9.17, 15) is 32.8 Å².